The van der Waals surface area contributed by atoms with Crippen LogP contribution in [0, 0.1) is 19.7 Å². The van der Waals surface area contributed by atoms with Crippen LogP contribution in [0.3, 0.4) is 0 Å². The van der Waals surface area contributed by atoms with Crippen LogP contribution in [0.4, 0.5) is 10.1 Å². The second-order valence-electron chi connectivity index (χ2n) is 6.91. The molecular weight excluding hydrogens is 443 g/mol. The molecule has 0 aliphatic heterocycles. The normalized spacial score (nSPS) is 11.6. The monoisotopic (exact) mass is 460 g/mol. The molecule has 0 atom stereocenters. The molecule has 2 aromatic heterocycles. The van der Waals surface area contributed by atoms with Gasteiger partial charge in [0.2, 0.25) is 0 Å². The first-order valence-corrected chi connectivity index (χ1v) is 11.0. The number of sulfonamides is 1. The van der Waals surface area contributed by atoms with Crippen LogP contribution in [0.5, 0.6) is 5.75 Å². The van der Waals surface area contributed by atoms with Gasteiger partial charge in [0, 0.05) is 17.0 Å². The minimum absolute atomic E-state index is 0.107. The predicted molar refractivity (Wildman–Crippen MR) is 117 cm³/mol. The summed E-state index contributed by atoms with van der Waals surface area (Å²) in [6.45, 7) is 3.78. The van der Waals surface area contributed by atoms with E-state index >= 15 is 0 Å². The largest absolute Gasteiger partial charge is 0.495 e. The van der Waals surface area contributed by atoms with E-state index in [-0.39, 0.29) is 21.4 Å². The van der Waals surface area contributed by atoms with Crippen molar-refractivity contribution in [1.29, 1.82) is 0 Å². The summed E-state index contributed by atoms with van der Waals surface area (Å²) in [4.78, 5) is 4.38. The number of nitrogens with zero attached hydrogens (tertiary/aromatic N) is 3. The summed E-state index contributed by atoms with van der Waals surface area (Å²) in [6, 6.07) is 10.7. The third-order valence-electron chi connectivity index (χ3n) is 4.74. The molecular formula is C21H18ClFN4O3S. The number of aryl methyl sites for hydroxylation is 2. The van der Waals surface area contributed by atoms with Crippen LogP contribution in [0.1, 0.15) is 11.4 Å². The van der Waals surface area contributed by atoms with Crippen molar-refractivity contribution in [2.75, 3.05) is 11.8 Å². The number of benzene rings is 2. The van der Waals surface area contributed by atoms with E-state index in [1.54, 1.807) is 16.8 Å². The maximum Gasteiger partial charge on any atom is 0.265 e. The van der Waals surface area contributed by atoms with Gasteiger partial charge in [0.1, 0.15) is 10.6 Å². The molecule has 0 saturated heterocycles. The average Bonchev–Trinajstić information content (AvgIpc) is 3.15. The highest BCUT2D eigenvalue weighted by Crippen LogP contribution is 2.33. The lowest BCUT2D eigenvalue weighted by Crippen LogP contribution is -2.15. The lowest BCUT2D eigenvalue weighted by Gasteiger charge is -2.14. The predicted octanol–water partition coefficient (Wildman–Crippen LogP) is 4.62. The van der Waals surface area contributed by atoms with E-state index in [0.717, 1.165) is 11.4 Å². The molecule has 10 heteroatoms. The van der Waals surface area contributed by atoms with Crippen molar-refractivity contribution in [3.05, 3.63) is 70.9 Å². The lowest BCUT2D eigenvalue weighted by molar-refractivity contribution is 0.403. The molecule has 0 unspecified atom stereocenters. The van der Waals surface area contributed by atoms with Gasteiger partial charge in [0.05, 0.1) is 24.0 Å². The number of anilines is 1. The van der Waals surface area contributed by atoms with E-state index in [0.29, 0.717) is 16.8 Å². The van der Waals surface area contributed by atoms with Gasteiger partial charge in [-0.2, -0.15) is 5.10 Å². The minimum Gasteiger partial charge on any atom is -0.495 e. The molecule has 2 heterocycles. The van der Waals surface area contributed by atoms with Crippen LogP contribution in [-0.4, -0.2) is 30.1 Å². The second kappa shape index (κ2) is 7.82. The Balaban J connectivity index is 1.84. The Morgan fingerprint density at radius 1 is 1.16 bits per heavy atom. The highest BCUT2D eigenvalue weighted by atomic mass is 35.5. The van der Waals surface area contributed by atoms with Crippen molar-refractivity contribution >= 4 is 33.0 Å². The summed E-state index contributed by atoms with van der Waals surface area (Å²) in [5.41, 5.74) is 3.27. The molecule has 0 amide bonds. The Morgan fingerprint density at radius 2 is 1.94 bits per heavy atom. The lowest BCUT2D eigenvalue weighted by atomic mass is 10.1. The van der Waals surface area contributed by atoms with Gasteiger partial charge in [-0.25, -0.2) is 22.3 Å². The van der Waals surface area contributed by atoms with Gasteiger partial charge in [-0.3, -0.25) is 4.72 Å². The van der Waals surface area contributed by atoms with E-state index in [1.165, 1.54) is 37.4 Å². The second-order valence-corrected chi connectivity index (χ2v) is 8.96. The number of methoxy groups -OCH3 is 1. The highest BCUT2D eigenvalue weighted by Gasteiger charge is 2.23. The fourth-order valence-electron chi connectivity index (χ4n) is 3.31. The zero-order valence-corrected chi connectivity index (χ0v) is 18.4. The number of halogens is 2. The van der Waals surface area contributed by atoms with E-state index in [9.17, 15) is 12.8 Å². The standard InChI is InChI=1S/C21H18ClFN4O3S/c1-12-9-13(2)27-21(25-12)15(11-24-27)14-7-8-18(30-3)19(10-14)31(28,29)26-17-6-4-5-16(22)20(17)23/h4-11,26H,1-3H3. The maximum absolute atomic E-state index is 14.3. The van der Waals surface area contributed by atoms with E-state index in [4.69, 9.17) is 16.3 Å². The summed E-state index contributed by atoms with van der Waals surface area (Å²) >= 11 is 5.77. The molecule has 0 bridgehead atoms. The van der Waals surface area contributed by atoms with Gasteiger partial charge in [0.15, 0.2) is 11.5 Å². The van der Waals surface area contributed by atoms with Gasteiger partial charge in [-0.15, -0.1) is 0 Å². The van der Waals surface area contributed by atoms with Crippen molar-refractivity contribution in [1.82, 2.24) is 14.6 Å². The van der Waals surface area contributed by atoms with Crippen LogP contribution in [0.15, 0.2) is 53.6 Å². The maximum atomic E-state index is 14.3. The minimum atomic E-state index is -4.20. The number of ether oxygens (including phenoxy) is 1. The molecule has 0 radical (unpaired) electrons. The molecule has 31 heavy (non-hydrogen) atoms. The number of nitrogens with one attached hydrogen (secondary N) is 1. The third kappa shape index (κ3) is 3.82. The van der Waals surface area contributed by atoms with Crippen LogP contribution in [-0.2, 0) is 10.0 Å². The SMILES string of the molecule is COc1ccc(-c2cnn3c(C)cc(C)nc23)cc1S(=O)(=O)Nc1cccc(Cl)c1F. The van der Waals surface area contributed by atoms with Crippen molar-refractivity contribution in [2.24, 2.45) is 0 Å². The zero-order chi connectivity index (χ0) is 22.3. The van der Waals surface area contributed by atoms with E-state index in [1.807, 2.05) is 19.9 Å². The van der Waals surface area contributed by atoms with Crippen molar-refractivity contribution in [2.45, 2.75) is 18.7 Å². The molecule has 160 valence electrons. The number of hydrogen-bond acceptors (Lipinski definition) is 5. The van der Waals surface area contributed by atoms with Gasteiger partial charge in [0.25, 0.3) is 10.0 Å². The molecule has 7 nitrogen and oxygen atoms in total. The summed E-state index contributed by atoms with van der Waals surface area (Å²) in [7, 11) is -2.84. The first-order chi connectivity index (χ1) is 14.7. The van der Waals surface area contributed by atoms with Crippen LogP contribution in [0.2, 0.25) is 5.02 Å². The topological polar surface area (TPSA) is 85.6 Å². The van der Waals surface area contributed by atoms with Crippen LogP contribution in [0.25, 0.3) is 16.8 Å². The molecule has 2 aromatic carbocycles. The van der Waals surface area contributed by atoms with Gasteiger partial charge >= 0.3 is 0 Å². The Morgan fingerprint density at radius 3 is 2.68 bits per heavy atom. The molecule has 4 rings (SSSR count). The van der Waals surface area contributed by atoms with E-state index in [2.05, 4.69) is 14.8 Å². The van der Waals surface area contributed by atoms with E-state index < -0.39 is 15.8 Å². The summed E-state index contributed by atoms with van der Waals surface area (Å²) < 4.78 is 49.6. The molecule has 0 spiro atoms. The van der Waals surface area contributed by atoms with Crippen LogP contribution >= 0.6 is 11.6 Å². The van der Waals surface area contributed by atoms with Gasteiger partial charge in [-0.1, -0.05) is 23.7 Å². The average molecular weight is 461 g/mol. The highest BCUT2D eigenvalue weighted by molar-refractivity contribution is 7.92. The number of rotatable bonds is 5. The molecule has 0 aliphatic rings. The Bertz CT molecular complexity index is 1420. The first kappa shape index (κ1) is 21.1. The molecule has 0 aliphatic carbocycles. The fourth-order valence-corrected chi connectivity index (χ4v) is 4.74. The number of fused-ring (bicyclic) bond motifs is 1. The van der Waals surface area contributed by atoms with Crippen molar-refractivity contribution in [3.63, 3.8) is 0 Å². The summed E-state index contributed by atoms with van der Waals surface area (Å²) in [5, 5.41) is 4.16. The summed E-state index contributed by atoms with van der Waals surface area (Å²) in [5.74, 6) is -0.754. The van der Waals surface area contributed by atoms with Gasteiger partial charge in [-0.05, 0) is 49.7 Å². The summed E-state index contributed by atoms with van der Waals surface area (Å²) in [6.07, 6.45) is 1.62. The quantitative estimate of drug-likeness (QED) is 0.470. The smallest absolute Gasteiger partial charge is 0.265 e. The third-order valence-corrected chi connectivity index (χ3v) is 6.42. The first-order valence-electron chi connectivity index (χ1n) is 9.18. The number of aromatic nitrogens is 3. The molecule has 1 N–H and O–H groups in total. The van der Waals surface area contributed by atoms with Crippen LogP contribution < -0.4 is 9.46 Å². The Kier molecular flexibility index (Phi) is 5.32. The zero-order valence-electron chi connectivity index (χ0n) is 16.8. The number of hydrogen-bond donors (Lipinski definition) is 1. The van der Waals surface area contributed by atoms with Crippen molar-refractivity contribution < 1.29 is 17.5 Å². The molecule has 4 aromatic rings. The molecule has 0 fully saturated rings. The molecule has 0 saturated carbocycles. The Hall–Kier alpha value is -3.17. The van der Waals surface area contributed by atoms with Crippen molar-refractivity contribution in [3.8, 4) is 16.9 Å². The Labute approximate surface area is 183 Å². The van der Waals surface area contributed by atoms with Gasteiger partial charge < -0.3 is 4.74 Å². The fraction of sp³-hybridized carbons (Fsp3) is 0.143.